The van der Waals surface area contributed by atoms with Crippen molar-refractivity contribution >= 4 is 5.91 Å². The van der Waals surface area contributed by atoms with Crippen molar-refractivity contribution in [2.45, 2.75) is 32.4 Å². The van der Waals surface area contributed by atoms with E-state index in [-0.39, 0.29) is 24.3 Å². The van der Waals surface area contributed by atoms with Crippen LogP contribution < -0.4 is 10.1 Å². The minimum atomic E-state index is -0.648. The number of phenols is 1. The van der Waals surface area contributed by atoms with Gasteiger partial charge < -0.3 is 25.2 Å². The Balaban J connectivity index is 1.80. The van der Waals surface area contributed by atoms with E-state index in [4.69, 9.17) is 4.74 Å². The molecule has 2 aromatic rings. The maximum Gasteiger partial charge on any atom is 0.259 e. The Morgan fingerprint density at radius 3 is 2.46 bits per heavy atom. The van der Waals surface area contributed by atoms with Gasteiger partial charge in [0.1, 0.15) is 11.5 Å². The number of ether oxygens (including phenoxy) is 1. The normalized spacial score (nSPS) is 13.0. The Bertz CT molecular complexity index is 775. The number of likely N-dealkylation sites (N-methyl/N-ethyl adjacent to an activating group) is 1. The molecular formula is C22H30N2O4. The molecule has 0 aromatic heterocycles. The van der Waals surface area contributed by atoms with Gasteiger partial charge in [-0.3, -0.25) is 4.79 Å². The lowest BCUT2D eigenvalue weighted by molar-refractivity contribution is -0.130. The fourth-order valence-corrected chi connectivity index (χ4v) is 2.84. The van der Waals surface area contributed by atoms with Crippen LogP contribution in [0.2, 0.25) is 0 Å². The molecule has 0 saturated heterocycles. The lowest BCUT2D eigenvalue weighted by Crippen LogP contribution is -2.34. The summed E-state index contributed by atoms with van der Waals surface area (Å²) in [6.07, 6.45) is 0.160. The van der Waals surface area contributed by atoms with E-state index in [0.717, 1.165) is 23.1 Å². The van der Waals surface area contributed by atoms with Crippen molar-refractivity contribution in [3.8, 4) is 11.5 Å². The van der Waals surface area contributed by atoms with Gasteiger partial charge in [-0.1, -0.05) is 18.2 Å². The van der Waals surface area contributed by atoms with E-state index in [1.54, 1.807) is 32.3 Å². The number of amides is 1. The summed E-state index contributed by atoms with van der Waals surface area (Å²) < 4.78 is 5.47. The number of nitrogens with one attached hydrogen (secondary N) is 1. The molecule has 2 rings (SSSR count). The molecule has 0 heterocycles. The molecule has 0 saturated carbocycles. The minimum absolute atomic E-state index is 0.0278. The van der Waals surface area contributed by atoms with Crippen molar-refractivity contribution in [2.75, 3.05) is 27.2 Å². The summed E-state index contributed by atoms with van der Waals surface area (Å²) in [5.74, 6) is 0.788. The van der Waals surface area contributed by atoms with Crippen LogP contribution >= 0.6 is 0 Å². The Labute approximate surface area is 166 Å². The molecular weight excluding hydrogens is 356 g/mol. The number of hydrogen-bond acceptors (Lipinski definition) is 5. The highest BCUT2D eigenvalue weighted by Crippen LogP contribution is 2.24. The van der Waals surface area contributed by atoms with E-state index in [9.17, 15) is 15.0 Å². The first-order valence-corrected chi connectivity index (χ1v) is 9.40. The van der Waals surface area contributed by atoms with Crippen LogP contribution in [-0.2, 0) is 11.2 Å². The summed E-state index contributed by atoms with van der Waals surface area (Å²) in [5.41, 5.74) is 2.82. The zero-order chi connectivity index (χ0) is 20.7. The zero-order valence-electron chi connectivity index (χ0n) is 17.0. The Morgan fingerprint density at radius 2 is 1.86 bits per heavy atom. The Morgan fingerprint density at radius 1 is 1.18 bits per heavy atom. The van der Waals surface area contributed by atoms with Crippen molar-refractivity contribution in [1.29, 1.82) is 0 Å². The van der Waals surface area contributed by atoms with Gasteiger partial charge in [-0.15, -0.1) is 0 Å². The Kier molecular flexibility index (Phi) is 7.84. The molecule has 0 bridgehead atoms. The first kappa shape index (κ1) is 21.7. The van der Waals surface area contributed by atoms with Gasteiger partial charge >= 0.3 is 0 Å². The molecule has 2 aromatic carbocycles. The fourth-order valence-electron chi connectivity index (χ4n) is 2.84. The topological polar surface area (TPSA) is 82.0 Å². The largest absolute Gasteiger partial charge is 0.508 e. The van der Waals surface area contributed by atoms with E-state index in [1.807, 2.05) is 38.1 Å². The van der Waals surface area contributed by atoms with Gasteiger partial charge in [0.2, 0.25) is 0 Å². The van der Waals surface area contributed by atoms with Crippen LogP contribution in [0.25, 0.3) is 0 Å². The third-order valence-electron chi connectivity index (χ3n) is 4.71. The summed E-state index contributed by atoms with van der Waals surface area (Å²) >= 11 is 0. The highest BCUT2D eigenvalue weighted by atomic mass is 16.5. The average molecular weight is 386 g/mol. The van der Waals surface area contributed by atoms with Gasteiger partial charge in [0, 0.05) is 20.1 Å². The predicted octanol–water partition coefficient (Wildman–Crippen LogP) is 2.42. The molecule has 152 valence electrons. The molecule has 0 aliphatic carbocycles. The molecule has 3 N–H and O–H groups in total. The van der Waals surface area contributed by atoms with E-state index in [0.29, 0.717) is 12.3 Å². The van der Waals surface area contributed by atoms with Gasteiger partial charge in [0.25, 0.3) is 5.91 Å². The maximum atomic E-state index is 11.5. The average Bonchev–Trinajstić information content (AvgIpc) is 2.66. The minimum Gasteiger partial charge on any atom is -0.508 e. The van der Waals surface area contributed by atoms with E-state index >= 15 is 0 Å². The highest BCUT2D eigenvalue weighted by molar-refractivity contribution is 5.77. The third-order valence-corrected chi connectivity index (χ3v) is 4.71. The second kappa shape index (κ2) is 10.1. The molecule has 6 nitrogen and oxygen atoms in total. The monoisotopic (exact) mass is 386 g/mol. The molecule has 0 spiro atoms. The number of carbonyl (C=O) groups excluding carboxylic acids is 1. The molecule has 28 heavy (non-hydrogen) atoms. The van der Waals surface area contributed by atoms with Crippen molar-refractivity contribution in [1.82, 2.24) is 10.2 Å². The van der Waals surface area contributed by atoms with Crippen LogP contribution in [0.3, 0.4) is 0 Å². The lowest BCUT2D eigenvalue weighted by atomic mass is 9.98. The molecule has 0 unspecified atom stereocenters. The summed E-state index contributed by atoms with van der Waals surface area (Å²) in [6, 6.07) is 12.5. The van der Waals surface area contributed by atoms with Crippen molar-refractivity contribution < 1.29 is 19.7 Å². The first-order chi connectivity index (χ1) is 13.3. The van der Waals surface area contributed by atoms with Gasteiger partial charge in [0.05, 0.1) is 6.10 Å². The quantitative estimate of drug-likeness (QED) is 0.617. The SMILES string of the molecule is Cc1cc(O)ccc1[C@@H](O)[C@H](C)NCCc1ccc(OCC(=O)N(C)C)cc1. The first-order valence-electron chi connectivity index (χ1n) is 9.40. The maximum absolute atomic E-state index is 11.5. The van der Waals surface area contributed by atoms with Crippen LogP contribution in [0.15, 0.2) is 42.5 Å². The molecule has 0 radical (unpaired) electrons. The number of phenolic OH excluding ortho intramolecular Hbond substituents is 1. The summed E-state index contributed by atoms with van der Waals surface area (Å²) in [7, 11) is 3.39. The second-order valence-corrected chi connectivity index (χ2v) is 7.20. The molecule has 0 aliphatic rings. The summed E-state index contributed by atoms with van der Waals surface area (Å²) in [4.78, 5) is 13.0. The van der Waals surface area contributed by atoms with Gasteiger partial charge in [0.15, 0.2) is 6.61 Å². The number of carbonyl (C=O) groups is 1. The molecule has 0 aliphatic heterocycles. The lowest BCUT2D eigenvalue weighted by Gasteiger charge is -2.22. The standard InChI is InChI=1S/C22H30N2O4/c1-15-13-18(25)7-10-20(15)22(27)16(2)23-12-11-17-5-8-19(9-6-17)28-14-21(26)24(3)4/h5-10,13,16,22-23,25,27H,11-12,14H2,1-4H3/t16-,22-/m0/s1. The molecule has 1 amide bonds. The summed E-state index contributed by atoms with van der Waals surface area (Å²) in [6.45, 7) is 4.56. The molecule has 2 atom stereocenters. The number of hydrogen-bond donors (Lipinski definition) is 3. The Hall–Kier alpha value is -2.57. The van der Waals surface area contributed by atoms with Crippen molar-refractivity contribution in [3.05, 3.63) is 59.2 Å². The third kappa shape index (κ3) is 6.25. The van der Waals surface area contributed by atoms with Crippen molar-refractivity contribution in [3.63, 3.8) is 0 Å². The number of benzene rings is 2. The molecule has 0 fully saturated rings. The van der Waals surface area contributed by atoms with E-state index in [2.05, 4.69) is 5.32 Å². The molecule has 6 heteroatoms. The number of nitrogens with zero attached hydrogens (tertiary/aromatic N) is 1. The van der Waals surface area contributed by atoms with Crippen molar-refractivity contribution in [2.24, 2.45) is 0 Å². The summed E-state index contributed by atoms with van der Waals surface area (Å²) in [5, 5.41) is 23.4. The van der Waals surface area contributed by atoms with Gasteiger partial charge in [-0.2, -0.15) is 0 Å². The van der Waals surface area contributed by atoms with Crippen LogP contribution in [0.1, 0.15) is 29.7 Å². The van der Waals surface area contributed by atoms with Gasteiger partial charge in [-0.25, -0.2) is 0 Å². The number of aliphatic hydroxyl groups is 1. The van der Waals surface area contributed by atoms with Crippen LogP contribution in [0, 0.1) is 6.92 Å². The highest BCUT2D eigenvalue weighted by Gasteiger charge is 2.17. The fraction of sp³-hybridized carbons (Fsp3) is 0.409. The van der Waals surface area contributed by atoms with E-state index in [1.165, 1.54) is 4.90 Å². The van der Waals surface area contributed by atoms with Crippen LogP contribution in [0.5, 0.6) is 11.5 Å². The number of aryl methyl sites for hydroxylation is 1. The smallest absolute Gasteiger partial charge is 0.259 e. The zero-order valence-corrected chi connectivity index (χ0v) is 17.0. The number of rotatable bonds is 9. The predicted molar refractivity (Wildman–Crippen MR) is 110 cm³/mol. The number of aromatic hydroxyl groups is 1. The van der Waals surface area contributed by atoms with E-state index < -0.39 is 6.10 Å². The van der Waals surface area contributed by atoms with Crippen LogP contribution in [-0.4, -0.2) is 54.3 Å². The van der Waals surface area contributed by atoms with Gasteiger partial charge in [-0.05, 0) is 67.8 Å². The number of aliphatic hydroxyl groups excluding tert-OH is 1. The second-order valence-electron chi connectivity index (χ2n) is 7.20. The van der Waals surface area contributed by atoms with Crippen LogP contribution in [0.4, 0.5) is 0 Å².